The van der Waals surface area contributed by atoms with Crippen LogP contribution in [0.1, 0.15) is 25.3 Å². The smallest absolute Gasteiger partial charge is 0.312 e. The molecule has 6 heteroatoms. The van der Waals surface area contributed by atoms with E-state index in [1.54, 1.807) is 0 Å². The summed E-state index contributed by atoms with van der Waals surface area (Å²) in [4.78, 5) is 26.9. The maximum absolute atomic E-state index is 12.5. The fraction of sp³-hybridized carbons (Fsp3) is 0.412. The second-order valence-corrected chi connectivity index (χ2v) is 6.26. The maximum atomic E-state index is 12.5. The molecule has 2 aromatic rings. The molecule has 3 amide bonds. The van der Waals surface area contributed by atoms with E-state index in [9.17, 15) is 9.59 Å². The largest absolute Gasteiger partial charge is 0.361 e. The third-order valence-corrected chi connectivity index (χ3v) is 4.43. The van der Waals surface area contributed by atoms with Crippen molar-refractivity contribution in [2.75, 3.05) is 0 Å². The summed E-state index contributed by atoms with van der Waals surface area (Å²) in [5.41, 5.74) is 7.22. The zero-order chi connectivity index (χ0) is 16.4. The summed E-state index contributed by atoms with van der Waals surface area (Å²) < 4.78 is 0. The second kappa shape index (κ2) is 6.32. The third kappa shape index (κ3) is 3.64. The number of nitrogens with one attached hydrogen (secondary N) is 3. The Labute approximate surface area is 134 Å². The van der Waals surface area contributed by atoms with E-state index < -0.39 is 12.1 Å². The Morgan fingerprint density at radius 3 is 2.74 bits per heavy atom. The van der Waals surface area contributed by atoms with E-state index in [0.717, 1.165) is 29.3 Å². The van der Waals surface area contributed by atoms with Gasteiger partial charge in [0.05, 0.1) is 0 Å². The van der Waals surface area contributed by atoms with Crippen molar-refractivity contribution in [3.63, 3.8) is 0 Å². The summed E-state index contributed by atoms with van der Waals surface area (Å²) >= 11 is 0. The number of nitrogens with two attached hydrogens (primary N) is 1. The minimum atomic E-state index is -0.691. The van der Waals surface area contributed by atoms with E-state index in [2.05, 4.69) is 15.6 Å². The van der Waals surface area contributed by atoms with Gasteiger partial charge in [-0.2, -0.15) is 0 Å². The summed E-state index contributed by atoms with van der Waals surface area (Å²) in [6.45, 7) is 2.00. The third-order valence-electron chi connectivity index (χ3n) is 4.43. The van der Waals surface area contributed by atoms with Gasteiger partial charge in [0, 0.05) is 29.6 Å². The van der Waals surface area contributed by atoms with Gasteiger partial charge in [-0.25, -0.2) is 4.79 Å². The lowest BCUT2D eigenvalue weighted by molar-refractivity contribution is -0.123. The summed E-state index contributed by atoms with van der Waals surface area (Å²) in [5, 5.41) is 6.60. The molecule has 1 aromatic carbocycles. The van der Waals surface area contributed by atoms with Crippen molar-refractivity contribution in [2.24, 2.45) is 11.7 Å². The van der Waals surface area contributed by atoms with Crippen molar-refractivity contribution >= 4 is 22.8 Å². The molecule has 2 unspecified atom stereocenters. The van der Waals surface area contributed by atoms with Crippen LogP contribution in [0.4, 0.5) is 4.79 Å². The van der Waals surface area contributed by atoms with Crippen molar-refractivity contribution in [1.29, 1.82) is 0 Å². The van der Waals surface area contributed by atoms with Gasteiger partial charge < -0.3 is 21.4 Å². The van der Waals surface area contributed by atoms with Crippen molar-refractivity contribution < 1.29 is 9.59 Å². The van der Waals surface area contributed by atoms with Gasteiger partial charge in [0.2, 0.25) is 5.91 Å². The molecular weight excluding hydrogens is 292 g/mol. The van der Waals surface area contributed by atoms with Gasteiger partial charge in [0.1, 0.15) is 6.04 Å². The van der Waals surface area contributed by atoms with Crippen LogP contribution in [-0.4, -0.2) is 29.0 Å². The Bertz CT molecular complexity index is 720. The molecule has 1 aliphatic rings. The molecule has 3 rings (SSSR count). The Balaban J connectivity index is 1.75. The summed E-state index contributed by atoms with van der Waals surface area (Å²) in [6.07, 6.45) is 4.57. The van der Waals surface area contributed by atoms with Crippen molar-refractivity contribution in [1.82, 2.24) is 15.6 Å². The predicted octanol–water partition coefficient (Wildman–Crippen LogP) is 1.66. The van der Waals surface area contributed by atoms with Crippen LogP contribution in [0.25, 0.3) is 10.9 Å². The lowest BCUT2D eigenvalue weighted by Gasteiger charge is -2.20. The van der Waals surface area contributed by atoms with E-state index in [1.165, 1.54) is 0 Å². The molecule has 1 fully saturated rings. The zero-order valence-corrected chi connectivity index (χ0v) is 13.1. The van der Waals surface area contributed by atoms with Crippen molar-refractivity contribution in [3.05, 3.63) is 36.0 Å². The Hall–Kier alpha value is -2.50. The lowest BCUT2D eigenvalue weighted by atomic mass is 10.0. The van der Waals surface area contributed by atoms with Gasteiger partial charge in [-0.1, -0.05) is 18.2 Å². The number of aromatic amines is 1. The molecule has 1 aliphatic carbocycles. The average molecular weight is 314 g/mol. The number of para-hydroxylation sites is 1. The zero-order valence-electron chi connectivity index (χ0n) is 13.1. The Kier molecular flexibility index (Phi) is 4.23. The molecule has 1 heterocycles. The number of urea groups is 1. The monoisotopic (exact) mass is 314 g/mol. The molecule has 0 bridgehead atoms. The number of hydrogen-bond donors (Lipinski definition) is 4. The first-order valence-electron chi connectivity index (χ1n) is 7.96. The van der Waals surface area contributed by atoms with Gasteiger partial charge in [0.15, 0.2) is 0 Å². The number of benzene rings is 1. The predicted molar refractivity (Wildman–Crippen MR) is 88.8 cm³/mol. The van der Waals surface area contributed by atoms with Crippen LogP contribution in [0, 0.1) is 5.92 Å². The summed E-state index contributed by atoms with van der Waals surface area (Å²) in [7, 11) is 0. The molecule has 5 N–H and O–H groups in total. The van der Waals surface area contributed by atoms with E-state index in [-0.39, 0.29) is 11.9 Å². The van der Waals surface area contributed by atoms with Crippen molar-refractivity contribution in [2.45, 2.75) is 38.3 Å². The topological polar surface area (TPSA) is 100 Å². The van der Waals surface area contributed by atoms with Crippen LogP contribution in [0.2, 0.25) is 0 Å². The number of carbonyl (C=O) groups excluding carboxylic acids is 2. The highest BCUT2D eigenvalue weighted by Gasteiger charge is 2.31. The number of hydrogen-bond acceptors (Lipinski definition) is 2. The molecule has 1 saturated carbocycles. The quantitative estimate of drug-likeness (QED) is 0.652. The molecular formula is C17H22N4O2. The van der Waals surface area contributed by atoms with Crippen LogP contribution < -0.4 is 16.4 Å². The lowest BCUT2D eigenvalue weighted by Crippen LogP contribution is -2.51. The first-order chi connectivity index (χ1) is 11.0. The van der Waals surface area contributed by atoms with E-state index >= 15 is 0 Å². The molecule has 23 heavy (non-hydrogen) atoms. The first-order valence-corrected chi connectivity index (χ1v) is 7.96. The van der Waals surface area contributed by atoms with E-state index in [4.69, 9.17) is 5.73 Å². The minimum Gasteiger partial charge on any atom is -0.361 e. The highest BCUT2D eigenvalue weighted by Crippen LogP contribution is 2.32. The molecule has 2 atom stereocenters. The fourth-order valence-corrected chi connectivity index (χ4v) is 2.94. The van der Waals surface area contributed by atoms with Gasteiger partial charge in [0.25, 0.3) is 0 Å². The van der Waals surface area contributed by atoms with Gasteiger partial charge >= 0.3 is 6.03 Å². The Morgan fingerprint density at radius 1 is 1.30 bits per heavy atom. The highest BCUT2D eigenvalue weighted by molar-refractivity contribution is 5.89. The number of amides is 3. The van der Waals surface area contributed by atoms with Gasteiger partial charge in [-0.15, -0.1) is 0 Å². The molecule has 6 nitrogen and oxygen atoms in total. The molecule has 0 saturated heterocycles. The van der Waals surface area contributed by atoms with Gasteiger partial charge in [-0.05, 0) is 37.3 Å². The first kappa shape index (κ1) is 15.4. The summed E-state index contributed by atoms with van der Waals surface area (Å²) in [6, 6.07) is 6.63. The number of carbonyl (C=O) groups is 2. The summed E-state index contributed by atoms with van der Waals surface area (Å²) in [5.74, 6) is 0.370. The van der Waals surface area contributed by atoms with Crippen LogP contribution in [0.15, 0.2) is 30.5 Å². The molecule has 0 aliphatic heterocycles. The number of rotatable bonds is 6. The van der Waals surface area contributed by atoms with Crippen LogP contribution in [0.3, 0.4) is 0 Å². The number of fused-ring (bicyclic) bond motifs is 1. The molecule has 0 spiro atoms. The van der Waals surface area contributed by atoms with Crippen molar-refractivity contribution in [3.8, 4) is 0 Å². The normalized spacial score (nSPS) is 16.7. The SMILES string of the molecule is CC(NC(=O)C(Cc1c[nH]c2ccccc12)NC(N)=O)C1CC1. The van der Waals surface area contributed by atoms with E-state index in [0.29, 0.717) is 12.3 Å². The molecule has 122 valence electrons. The number of aromatic nitrogens is 1. The highest BCUT2D eigenvalue weighted by atomic mass is 16.2. The maximum Gasteiger partial charge on any atom is 0.312 e. The van der Waals surface area contributed by atoms with Crippen LogP contribution in [0.5, 0.6) is 0 Å². The number of H-pyrrole nitrogens is 1. The van der Waals surface area contributed by atoms with E-state index in [1.807, 2.05) is 37.4 Å². The second-order valence-electron chi connectivity index (χ2n) is 6.26. The van der Waals surface area contributed by atoms with Crippen LogP contribution >= 0.6 is 0 Å². The minimum absolute atomic E-state index is 0.127. The Morgan fingerprint density at radius 2 is 2.04 bits per heavy atom. The molecule has 1 aromatic heterocycles. The average Bonchev–Trinajstić information content (AvgIpc) is 3.29. The fourth-order valence-electron chi connectivity index (χ4n) is 2.94. The van der Waals surface area contributed by atoms with Crippen LogP contribution in [-0.2, 0) is 11.2 Å². The molecule has 0 radical (unpaired) electrons. The van der Waals surface area contributed by atoms with Gasteiger partial charge in [-0.3, -0.25) is 4.79 Å². The standard InChI is InChI=1S/C17H22N4O2/c1-10(11-6-7-11)20-16(22)15(21-17(18)23)8-12-9-19-14-5-3-2-4-13(12)14/h2-5,9-11,15,19H,6-8H2,1H3,(H,20,22)(H3,18,21,23). The number of primary amides is 1.